The Morgan fingerprint density at radius 3 is 2.23 bits per heavy atom. The number of likely N-dealkylation sites (tertiary alicyclic amines) is 1. The van der Waals surface area contributed by atoms with Gasteiger partial charge >= 0.3 is 5.97 Å². The van der Waals surface area contributed by atoms with Crippen LogP contribution in [0.4, 0.5) is 13.2 Å². The van der Waals surface area contributed by atoms with Crippen LogP contribution in [0.3, 0.4) is 0 Å². The highest BCUT2D eigenvalue weighted by atomic mass is 19.2. The number of hydrazine groups is 1. The van der Waals surface area contributed by atoms with Gasteiger partial charge < -0.3 is 19.8 Å². The highest BCUT2D eigenvalue weighted by molar-refractivity contribution is 5.87. The summed E-state index contributed by atoms with van der Waals surface area (Å²) in [7, 11) is 1.69. The zero-order valence-corrected chi connectivity index (χ0v) is 27.3. The Morgan fingerprint density at radius 2 is 1.82 bits per heavy atom. The van der Waals surface area contributed by atoms with Gasteiger partial charge in [0, 0.05) is 45.0 Å². The Bertz CT molecular complexity index is 1130. The van der Waals surface area contributed by atoms with Crippen LogP contribution in [0.25, 0.3) is 0 Å². The highest BCUT2D eigenvalue weighted by Crippen LogP contribution is 2.28. The lowest BCUT2D eigenvalue weighted by Crippen LogP contribution is -2.67. The Morgan fingerprint density at radius 1 is 1.23 bits per heavy atom. The molecular weight excluding hydrogens is 573 g/mol. The second-order valence-corrected chi connectivity index (χ2v) is 12.4. The van der Waals surface area contributed by atoms with E-state index in [1.165, 1.54) is 12.5 Å². The van der Waals surface area contributed by atoms with E-state index in [-0.39, 0.29) is 17.5 Å². The van der Waals surface area contributed by atoms with Crippen molar-refractivity contribution in [3.8, 4) is 0 Å². The molecule has 1 aliphatic heterocycles. The number of carboxylic acids is 1. The van der Waals surface area contributed by atoms with Gasteiger partial charge in [-0.15, -0.1) is 6.58 Å². The van der Waals surface area contributed by atoms with Crippen LogP contribution in [0.1, 0.15) is 76.7 Å². The van der Waals surface area contributed by atoms with Crippen LogP contribution in [0, 0.1) is 5.92 Å². The van der Waals surface area contributed by atoms with Crippen molar-refractivity contribution in [1.82, 2.24) is 14.8 Å². The second-order valence-electron chi connectivity index (χ2n) is 12.4. The molecule has 2 rings (SSSR count). The van der Waals surface area contributed by atoms with Gasteiger partial charge in [0.15, 0.2) is 12.0 Å². The van der Waals surface area contributed by atoms with Crippen molar-refractivity contribution in [1.29, 1.82) is 0 Å². The molecule has 11 heteroatoms. The number of allylic oxidation sites excluding steroid dienone is 3. The molecule has 1 heterocycles. The second kappa shape index (κ2) is 18.0. The summed E-state index contributed by atoms with van der Waals surface area (Å²) < 4.78 is 41.8. The van der Waals surface area contributed by atoms with Crippen molar-refractivity contribution >= 4 is 12.4 Å². The van der Waals surface area contributed by atoms with E-state index in [0.29, 0.717) is 19.0 Å². The molecule has 1 aromatic carbocycles. The summed E-state index contributed by atoms with van der Waals surface area (Å²) in [6, 6.07) is 6.59. The number of alkyl halides is 1. The quantitative estimate of drug-likeness (QED) is 0.0949. The molecule has 0 aromatic heterocycles. The van der Waals surface area contributed by atoms with E-state index < -0.39 is 29.4 Å². The molecule has 3 N–H and O–H groups in total. The smallest absolute Gasteiger partial charge is 0.335 e. The fraction of sp³-hybridized carbons (Fsp3) is 0.576. The largest absolute Gasteiger partial charge is 0.478 e. The molecule has 2 atom stereocenters. The molecule has 0 spiro atoms. The molecule has 248 valence electrons. The normalized spacial score (nSPS) is 16.8. The number of nitrogens with zero attached hydrogens (tertiary/aromatic N) is 3. The van der Waals surface area contributed by atoms with Crippen molar-refractivity contribution < 1.29 is 32.6 Å². The van der Waals surface area contributed by atoms with Crippen molar-refractivity contribution in [2.45, 2.75) is 84.7 Å². The summed E-state index contributed by atoms with van der Waals surface area (Å²) in [6.07, 6.45) is 4.77. The third-order valence-electron chi connectivity index (χ3n) is 7.43. The Kier molecular flexibility index (Phi) is 15.9. The molecule has 1 amide bonds. The third-order valence-corrected chi connectivity index (χ3v) is 7.43. The number of hydrogen-bond acceptors (Lipinski definition) is 6. The molecule has 1 aliphatic rings. The lowest BCUT2D eigenvalue weighted by Gasteiger charge is -2.50. The van der Waals surface area contributed by atoms with E-state index in [1.54, 1.807) is 41.3 Å². The lowest BCUT2D eigenvalue weighted by molar-refractivity contribution is -0.147. The fourth-order valence-electron chi connectivity index (χ4n) is 4.50. The van der Waals surface area contributed by atoms with E-state index in [1.807, 2.05) is 6.08 Å². The topological polar surface area (TPSA) is 99.3 Å². The molecule has 8 nitrogen and oxygen atoms in total. The van der Waals surface area contributed by atoms with E-state index >= 15 is 0 Å². The summed E-state index contributed by atoms with van der Waals surface area (Å²) in [5, 5.41) is 10.8. The number of halogens is 3. The van der Waals surface area contributed by atoms with Crippen LogP contribution in [0.5, 0.6) is 0 Å². The van der Waals surface area contributed by atoms with Crippen LogP contribution in [0.15, 0.2) is 60.3 Å². The Balaban J connectivity index is 0.000000930. The third kappa shape index (κ3) is 12.8. The molecule has 1 saturated heterocycles. The number of ether oxygens (including phenoxy) is 1. The molecular formula is C33H51F3N4O4. The van der Waals surface area contributed by atoms with Gasteiger partial charge in [-0.05, 0) is 70.6 Å². The molecule has 0 saturated carbocycles. The Hall–Kier alpha value is -3.15. The van der Waals surface area contributed by atoms with Crippen molar-refractivity contribution in [3.05, 3.63) is 71.5 Å². The fourth-order valence-corrected chi connectivity index (χ4v) is 4.50. The van der Waals surface area contributed by atoms with Crippen LogP contribution in [-0.4, -0.2) is 82.9 Å². The average Bonchev–Trinajstić information content (AvgIpc) is 2.96. The molecule has 0 radical (unpaired) electrons. The van der Waals surface area contributed by atoms with E-state index in [9.17, 15) is 22.8 Å². The summed E-state index contributed by atoms with van der Waals surface area (Å²) in [6.45, 7) is 17.9. The number of amides is 1. The molecule has 1 aromatic rings. The highest BCUT2D eigenvalue weighted by Gasteiger charge is 2.44. The first kappa shape index (κ1) is 38.9. The van der Waals surface area contributed by atoms with Gasteiger partial charge in [-0.3, -0.25) is 9.69 Å². The van der Waals surface area contributed by atoms with Crippen LogP contribution in [-0.2, 0) is 16.1 Å². The van der Waals surface area contributed by atoms with Gasteiger partial charge in [-0.1, -0.05) is 37.6 Å². The number of nitrogens with two attached hydrogens (primary N) is 1. The predicted octanol–water partition coefficient (Wildman–Crippen LogP) is 6.41. The van der Waals surface area contributed by atoms with Gasteiger partial charge in [0.2, 0.25) is 6.41 Å². The first-order chi connectivity index (χ1) is 20.5. The number of aromatic carboxylic acids is 1. The average molecular weight is 625 g/mol. The van der Waals surface area contributed by atoms with Gasteiger partial charge in [-0.2, -0.15) is 0 Å². The van der Waals surface area contributed by atoms with E-state index in [4.69, 9.17) is 15.7 Å². The van der Waals surface area contributed by atoms with Crippen molar-refractivity contribution in [2.75, 3.05) is 33.3 Å². The van der Waals surface area contributed by atoms with Gasteiger partial charge in [-0.25, -0.2) is 23.8 Å². The minimum Gasteiger partial charge on any atom is -0.478 e. The van der Waals surface area contributed by atoms with Crippen LogP contribution >= 0.6 is 0 Å². The molecule has 44 heavy (non-hydrogen) atoms. The number of benzene rings is 1. The maximum Gasteiger partial charge on any atom is 0.335 e. The van der Waals surface area contributed by atoms with E-state index in [2.05, 4.69) is 45.4 Å². The first-order valence-corrected chi connectivity index (χ1v) is 14.8. The maximum atomic E-state index is 12.0. The van der Waals surface area contributed by atoms with E-state index in [0.717, 1.165) is 51.4 Å². The molecule has 1 fully saturated rings. The molecule has 2 unspecified atom stereocenters. The number of hydrogen-bond donors (Lipinski definition) is 2. The first-order valence-electron chi connectivity index (χ1n) is 14.8. The number of methoxy groups -OCH3 is 1. The van der Waals surface area contributed by atoms with Gasteiger partial charge in [0.1, 0.15) is 11.4 Å². The monoisotopic (exact) mass is 624 g/mol. The minimum atomic E-state index is -1.81. The van der Waals surface area contributed by atoms with Crippen molar-refractivity contribution in [2.24, 2.45) is 11.8 Å². The molecule has 0 bridgehead atoms. The minimum absolute atomic E-state index is 0.0832. The standard InChI is InChI=1S/C27H42N4O4.C6H9F3/c1-7-21(2)14-23(16-31(28)26(3,4)5)12-13-29-17-27(18-29,35-6)19-30(20-32)15-22-8-10-24(11-9-22)25(33)34;1-3-5(8)6(9)4(2)7/h7-11,16,20-21H,1,12-15,17-19,28H2,2-6H3,(H,33,34);4H,3H2,1-2H3/b23-16-;6-5-. The summed E-state index contributed by atoms with van der Waals surface area (Å²) in [4.78, 5) is 26.8. The predicted molar refractivity (Wildman–Crippen MR) is 169 cm³/mol. The number of carboxylic acid groups (broad SMARTS) is 1. The number of rotatable bonds is 16. The Labute approximate surface area is 261 Å². The summed E-state index contributed by atoms with van der Waals surface area (Å²) in [5.74, 6) is 3.40. The lowest BCUT2D eigenvalue weighted by atomic mass is 9.91. The SMILES string of the molecule is C=CC(C)C/C(=C\N(N)C(C)(C)C)CCN1CC(CN(C=O)Cc2ccc(C(=O)O)cc2)(OC)C1.CC/C(F)=C(/F)C(C)F. The zero-order valence-electron chi connectivity index (χ0n) is 27.3. The maximum absolute atomic E-state index is 12.0. The number of carbonyl (C=O) groups excluding carboxylic acids is 1. The van der Waals surface area contributed by atoms with Crippen LogP contribution < -0.4 is 5.84 Å². The zero-order chi connectivity index (χ0) is 33.7. The van der Waals surface area contributed by atoms with Gasteiger partial charge in [0.25, 0.3) is 0 Å². The summed E-state index contributed by atoms with van der Waals surface area (Å²) >= 11 is 0. The molecule has 0 aliphatic carbocycles. The number of carbonyl (C=O) groups is 2. The summed E-state index contributed by atoms with van der Waals surface area (Å²) in [5.41, 5.74) is 1.82. The van der Waals surface area contributed by atoms with Gasteiger partial charge in [0.05, 0.1) is 12.1 Å². The van der Waals surface area contributed by atoms with Crippen molar-refractivity contribution in [3.63, 3.8) is 0 Å². The van der Waals surface area contributed by atoms with Crippen LogP contribution in [0.2, 0.25) is 0 Å².